The van der Waals surface area contributed by atoms with Gasteiger partial charge in [-0.05, 0) is 43.5 Å². The smallest absolute Gasteiger partial charge is 0.252 e. The fourth-order valence-corrected chi connectivity index (χ4v) is 3.28. The molecule has 0 aliphatic heterocycles. The van der Waals surface area contributed by atoms with E-state index in [9.17, 15) is 9.59 Å². The summed E-state index contributed by atoms with van der Waals surface area (Å²) >= 11 is 0. The summed E-state index contributed by atoms with van der Waals surface area (Å²) in [6.07, 6.45) is 0.533. The van der Waals surface area contributed by atoms with Crippen LogP contribution in [0.4, 0.5) is 5.69 Å². The molecule has 0 spiro atoms. The minimum atomic E-state index is -0.558. The number of aryl methyl sites for hydroxylation is 2. The van der Waals surface area contributed by atoms with Crippen LogP contribution in [0.15, 0.2) is 59.4 Å². The van der Waals surface area contributed by atoms with E-state index in [1.165, 1.54) is 0 Å². The Morgan fingerprint density at radius 2 is 1.76 bits per heavy atom. The molecule has 0 radical (unpaired) electrons. The molecule has 3 rings (SSSR count). The van der Waals surface area contributed by atoms with Gasteiger partial charge in [0, 0.05) is 17.1 Å². The first-order chi connectivity index (χ1) is 12.0. The van der Waals surface area contributed by atoms with Crippen LogP contribution in [0.1, 0.15) is 30.5 Å². The first-order valence-electron chi connectivity index (χ1n) is 8.50. The lowest BCUT2D eigenvalue weighted by molar-refractivity contribution is -0.119. The monoisotopic (exact) mass is 334 g/mol. The summed E-state index contributed by atoms with van der Waals surface area (Å²) in [5.41, 5.74) is 3.34. The van der Waals surface area contributed by atoms with Gasteiger partial charge in [-0.25, -0.2) is 0 Å². The molecule has 1 N–H and O–H groups in total. The second kappa shape index (κ2) is 6.93. The van der Waals surface area contributed by atoms with E-state index < -0.39 is 6.04 Å². The number of pyridine rings is 1. The first kappa shape index (κ1) is 17.0. The normalized spacial score (nSPS) is 12.1. The summed E-state index contributed by atoms with van der Waals surface area (Å²) < 4.78 is 1.63. The van der Waals surface area contributed by atoms with E-state index in [1.54, 1.807) is 10.6 Å². The lowest BCUT2D eigenvalue weighted by Crippen LogP contribution is -2.33. The molecule has 128 valence electrons. The van der Waals surface area contributed by atoms with Crippen molar-refractivity contribution in [2.75, 3.05) is 5.32 Å². The SMILES string of the molecule is CCC(C(=O)Nc1ccccc1)n1c(=O)cc(C)c2cccc(C)c21. The molecule has 1 heterocycles. The van der Waals surface area contributed by atoms with Gasteiger partial charge in [0.2, 0.25) is 5.91 Å². The number of anilines is 1. The van der Waals surface area contributed by atoms with E-state index in [0.29, 0.717) is 6.42 Å². The number of nitrogens with one attached hydrogen (secondary N) is 1. The van der Waals surface area contributed by atoms with Crippen molar-refractivity contribution in [2.45, 2.75) is 33.2 Å². The minimum absolute atomic E-state index is 0.144. The number of amides is 1. The summed E-state index contributed by atoms with van der Waals surface area (Å²) in [5.74, 6) is -0.177. The largest absolute Gasteiger partial charge is 0.324 e. The number of para-hydroxylation sites is 2. The van der Waals surface area contributed by atoms with E-state index in [2.05, 4.69) is 5.32 Å². The average Bonchev–Trinajstić information content (AvgIpc) is 2.59. The highest BCUT2D eigenvalue weighted by atomic mass is 16.2. The van der Waals surface area contributed by atoms with Gasteiger partial charge in [-0.3, -0.25) is 14.2 Å². The zero-order valence-corrected chi connectivity index (χ0v) is 14.7. The Morgan fingerprint density at radius 3 is 2.44 bits per heavy atom. The second-order valence-electron chi connectivity index (χ2n) is 6.29. The molecule has 1 atom stereocenters. The van der Waals surface area contributed by atoms with E-state index in [0.717, 1.165) is 27.7 Å². The van der Waals surface area contributed by atoms with Crippen LogP contribution in [-0.2, 0) is 4.79 Å². The molecule has 1 aromatic heterocycles. The number of fused-ring (bicyclic) bond motifs is 1. The predicted octanol–water partition coefficient (Wildman–Crippen LogP) is 4.21. The maximum Gasteiger partial charge on any atom is 0.252 e. The van der Waals surface area contributed by atoms with E-state index >= 15 is 0 Å². The van der Waals surface area contributed by atoms with Gasteiger partial charge in [0.15, 0.2) is 0 Å². The molecule has 2 aromatic carbocycles. The third kappa shape index (κ3) is 3.20. The van der Waals surface area contributed by atoms with Crippen LogP contribution in [0.5, 0.6) is 0 Å². The van der Waals surface area contributed by atoms with Gasteiger partial charge in [-0.1, -0.05) is 43.3 Å². The van der Waals surface area contributed by atoms with E-state index in [1.807, 2.05) is 69.3 Å². The molecule has 1 unspecified atom stereocenters. The molecule has 0 fully saturated rings. The number of hydrogen-bond donors (Lipinski definition) is 1. The second-order valence-corrected chi connectivity index (χ2v) is 6.29. The molecule has 4 heteroatoms. The zero-order chi connectivity index (χ0) is 18.0. The molecule has 1 amide bonds. The van der Waals surface area contributed by atoms with Crippen LogP contribution in [0.2, 0.25) is 0 Å². The van der Waals surface area contributed by atoms with Crippen molar-refractivity contribution >= 4 is 22.5 Å². The molecule has 25 heavy (non-hydrogen) atoms. The van der Waals surface area contributed by atoms with Gasteiger partial charge in [0.1, 0.15) is 6.04 Å². The first-order valence-corrected chi connectivity index (χ1v) is 8.50. The van der Waals surface area contributed by atoms with Crippen LogP contribution < -0.4 is 10.9 Å². The highest BCUT2D eigenvalue weighted by Gasteiger charge is 2.23. The Labute approximate surface area is 147 Å². The molecule has 0 aliphatic carbocycles. The van der Waals surface area contributed by atoms with Crippen LogP contribution in [0.3, 0.4) is 0 Å². The number of benzene rings is 2. The lowest BCUT2D eigenvalue weighted by Gasteiger charge is -2.22. The number of carbonyl (C=O) groups is 1. The number of carbonyl (C=O) groups excluding carboxylic acids is 1. The summed E-state index contributed by atoms with van der Waals surface area (Å²) in [4.78, 5) is 25.6. The molecular weight excluding hydrogens is 312 g/mol. The molecule has 0 saturated carbocycles. The van der Waals surface area contributed by atoms with E-state index in [4.69, 9.17) is 0 Å². The molecule has 0 aliphatic rings. The average molecular weight is 334 g/mol. The van der Waals surface area contributed by atoms with Crippen molar-refractivity contribution in [2.24, 2.45) is 0 Å². The van der Waals surface area contributed by atoms with E-state index in [-0.39, 0.29) is 11.5 Å². The van der Waals surface area contributed by atoms with Gasteiger partial charge in [-0.2, -0.15) is 0 Å². The summed E-state index contributed by atoms with van der Waals surface area (Å²) in [5, 5.41) is 3.92. The Bertz CT molecular complexity index is 974. The minimum Gasteiger partial charge on any atom is -0.324 e. The summed E-state index contributed by atoms with van der Waals surface area (Å²) in [6, 6.07) is 16.3. The third-order valence-corrected chi connectivity index (χ3v) is 4.52. The quantitative estimate of drug-likeness (QED) is 0.777. The topological polar surface area (TPSA) is 51.1 Å². The molecule has 0 bridgehead atoms. The predicted molar refractivity (Wildman–Crippen MR) is 102 cm³/mol. The highest BCUT2D eigenvalue weighted by molar-refractivity contribution is 5.95. The van der Waals surface area contributed by atoms with Gasteiger partial charge in [0.05, 0.1) is 5.52 Å². The van der Waals surface area contributed by atoms with Crippen molar-refractivity contribution < 1.29 is 4.79 Å². The third-order valence-electron chi connectivity index (χ3n) is 4.52. The fourth-order valence-electron chi connectivity index (χ4n) is 3.28. The van der Waals surface area contributed by atoms with Gasteiger partial charge in [-0.15, -0.1) is 0 Å². The number of rotatable bonds is 4. The number of aromatic nitrogens is 1. The maximum absolute atomic E-state index is 12.9. The summed E-state index contributed by atoms with van der Waals surface area (Å²) in [7, 11) is 0. The Balaban J connectivity index is 2.13. The molecule has 3 aromatic rings. The number of hydrogen-bond acceptors (Lipinski definition) is 2. The Morgan fingerprint density at radius 1 is 1.04 bits per heavy atom. The maximum atomic E-state index is 12.9. The fraction of sp³-hybridized carbons (Fsp3) is 0.238. The van der Waals surface area contributed by atoms with Crippen molar-refractivity contribution in [1.82, 2.24) is 4.57 Å². The van der Waals surface area contributed by atoms with Crippen molar-refractivity contribution in [3.8, 4) is 0 Å². The van der Waals surface area contributed by atoms with Gasteiger partial charge >= 0.3 is 0 Å². The molecular formula is C21H22N2O2. The highest BCUT2D eigenvalue weighted by Crippen LogP contribution is 2.25. The van der Waals surface area contributed by atoms with Gasteiger partial charge < -0.3 is 5.32 Å². The Hall–Kier alpha value is -2.88. The van der Waals surface area contributed by atoms with Crippen molar-refractivity contribution in [3.63, 3.8) is 0 Å². The standard InChI is InChI=1S/C21H22N2O2/c1-4-18(21(25)22-16-10-6-5-7-11-16)23-19(24)13-15(3)17-12-8-9-14(2)20(17)23/h5-13,18H,4H2,1-3H3,(H,22,25). The number of nitrogens with zero attached hydrogens (tertiary/aromatic N) is 1. The van der Waals surface area contributed by atoms with Gasteiger partial charge in [0.25, 0.3) is 5.56 Å². The van der Waals surface area contributed by atoms with Crippen LogP contribution in [0, 0.1) is 13.8 Å². The van der Waals surface area contributed by atoms with Crippen LogP contribution >= 0.6 is 0 Å². The van der Waals surface area contributed by atoms with Crippen LogP contribution in [0.25, 0.3) is 10.9 Å². The zero-order valence-electron chi connectivity index (χ0n) is 14.7. The summed E-state index contributed by atoms with van der Waals surface area (Å²) in [6.45, 7) is 5.82. The Kier molecular flexibility index (Phi) is 4.70. The van der Waals surface area contributed by atoms with Crippen molar-refractivity contribution in [1.29, 1.82) is 0 Å². The van der Waals surface area contributed by atoms with Crippen molar-refractivity contribution in [3.05, 3.63) is 76.1 Å². The molecule has 4 nitrogen and oxygen atoms in total. The molecule has 0 saturated heterocycles. The van der Waals surface area contributed by atoms with Crippen LogP contribution in [-0.4, -0.2) is 10.5 Å². The lowest BCUT2D eigenvalue weighted by atomic mass is 10.0.